The molecule has 0 radical (unpaired) electrons. The van der Waals surface area contributed by atoms with Crippen molar-refractivity contribution in [1.29, 1.82) is 0 Å². The molecule has 1 nitrogen and oxygen atoms in total. The van der Waals surface area contributed by atoms with Crippen molar-refractivity contribution < 1.29 is 52.7 Å². The molecule has 0 amide bonds. The van der Waals surface area contributed by atoms with Crippen LogP contribution in [0.15, 0.2) is 30.5 Å². The van der Waals surface area contributed by atoms with Crippen LogP contribution in [0.5, 0.6) is 0 Å². The number of alkyl halides is 12. The molecule has 0 unspecified atom stereocenters. The molecule has 1 aromatic carbocycles. The SMILES string of the molecule is FC(F)(F)C(SSC(c1c[nH]c2ccccc12)(C(F)(F)F)C(F)(F)F)C(F)(F)F. The van der Waals surface area contributed by atoms with Gasteiger partial charge in [-0.2, -0.15) is 52.7 Å². The summed E-state index contributed by atoms with van der Waals surface area (Å²) in [7, 11) is -3.16. The minimum absolute atomic E-state index is 0.214. The average Bonchev–Trinajstić information content (AvgIpc) is 2.90. The maximum Gasteiger partial charge on any atom is 0.417 e. The van der Waals surface area contributed by atoms with Crippen LogP contribution in [0.25, 0.3) is 10.9 Å². The predicted molar refractivity (Wildman–Crippen MR) is 83.2 cm³/mol. The summed E-state index contributed by atoms with van der Waals surface area (Å²) in [5.74, 6) is 0. The zero-order valence-corrected chi connectivity index (χ0v) is 14.9. The van der Waals surface area contributed by atoms with Gasteiger partial charge in [0.05, 0.1) is 0 Å². The van der Waals surface area contributed by atoms with E-state index in [-0.39, 0.29) is 11.7 Å². The molecule has 1 N–H and O–H groups in total. The summed E-state index contributed by atoms with van der Waals surface area (Å²) in [5, 5.41) is -5.11. The number of benzene rings is 1. The normalized spacial score (nSPS) is 14.8. The number of hydrogen-bond donors (Lipinski definition) is 1. The first-order valence-corrected chi connectivity index (χ1v) is 9.32. The van der Waals surface area contributed by atoms with Crippen LogP contribution in [0.2, 0.25) is 0 Å². The van der Waals surface area contributed by atoms with Gasteiger partial charge in [0, 0.05) is 22.7 Å². The van der Waals surface area contributed by atoms with Gasteiger partial charge in [0.1, 0.15) is 0 Å². The van der Waals surface area contributed by atoms with Crippen LogP contribution in [-0.4, -0.2) is 34.9 Å². The minimum Gasteiger partial charge on any atom is -0.361 e. The number of aromatic amines is 1. The molecule has 1 aromatic heterocycles. The first-order valence-electron chi connectivity index (χ1n) is 7.11. The van der Waals surface area contributed by atoms with Crippen molar-refractivity contribution in [2.75, 3.05) is 0 Å². The van der Waals surface area contributed by atoms with Gasteiger partial charge in [-0.05, 0) is 6.07 Å². The highest BCUT2D eigenvalue weighted by atomic mass is 33.1. The Hall–Kier alpha value is -1.38. The summed E-state index contributed by atoms with van der Waals surface area (Å²) >= 11 is 0. The van der Waals surface area contributed by atoms with Crippen LogP contribution in [0.4, 0.5) is 52.7 Å². The third kappa shape index (κ3) is 4.39. The lowest BCUT2D eigenvalue weighted by Crippen LogP contribution is -2.51. The number of H-pyrrole nitrogens is 1. The van der Waals surface area contributed by atoms with Gasteiger partial charge in [-0.3, -0.25) is 0 Å². The van der Waals surface area contributed by atoms with Crippen LogP contribution in [0.1, 0.15) is 5.56 Å². The summed E-state index contributed by atoms with van der Waals surface area (Å²) in [6, 6.07) is 4.27. The van der Waals surface area contributed by atoms with Crippen molar-refractivity contribution in [3.05, 3.63) is 36.0 Å². The van der Waals surface area contributed by atoms with Crippen molar-refractivity contribution >= 4 is 32.5 Å². The fraction of sp³-hybridized carbons (Fsp3) is 0.429. The van der Waals surface area contributed by atoms with Gasteiger partial charge in [0.15, 0.2) is 0 Å². The van der Waals surface area contributed by atoms with Crippen molar-refractivity contribution in [1.82, 2.24) is 4.98 Å². The van der Waals surface area contributed by atoms with Gasteiger partial charge in [-0.1, -0.05) is 39.8 Å². The molecule has 0 aliphatic rings. The summed E-state index contributed by atoms with van der Waals surface area (Å²) in [4.78, 5) is 2.12. The zero-order valence-electron chi connectivity index (χ0n) is 13.3. The number of aromatic nitrogens is 1. The van der Waals surface area contributed by atoms with E-state index < -0.39 is 67.2 Å². The Morgan fingerprint density at radius 2 is 1.21 bits per heavy atom. The molecule has 29 heavy (non-hydrogen) atoms. The molecule has 1 heterocycles. The molecule has 2 rings (SSSR count). The summed E-state index contributed by atoms with van der Waals surface area (Å²) in [5.41, 5.74) is -1.76. The second kappa shape index (κ2) is 7.39. The molecular formula is C14H7F12NS2. The predicted octanol–water partition coefficient (Wildman–Crippen LogP) is 7.36. The van der Waals surface area contributed by atoms with E-state index in [0.29, 0.717) is 0 Å². The van der Waals surface area contributed by atoms with Gasteiger partial charge >= 0.3 is 24.7 Å². The van der Waals surface area contributed by atoms with E-state index >= 15 is 0 Å². The van der Waals surface area contributed by atoms with Crippen molar-refractivity contribution in [2.45, 2.75) is 34.7 Å². The van der Waals surface area contributed by atoms with E-state index in [1.165, 1.54) is 6.07 Å². The van der Waals surface area contributed by atoms with Gasteiger partial charge in [0.25, 0.3) is 0 Å². The molecule has 0 spiro atoms. The topological polar surface area (TPSA) is 15.8 Å². The molecule has 0 bridgehead atoms. The van der Waals surface area contributed by atoms with Gasteiger partial charge in [-0.25, -0.2) is 0 Å². The number of hydrogen-bond acceptors (Lipinski definition) is 2. The fourth-order valence-corrected chi connectivity index (χ4v) is 5.50. The fourth-order valence-electron chi connectivity index (χ4n) is 2.38. The van der Waals surface area contributed by atoms with E-state index in [0.717, 1.165) is 18.2 Å². The highest BCUT2D eigenvalue weighted by Crippen LogP contribution is 2.65. The van der Waals surface area contributed by atoms with E-state index in [2.05, 4.69) is 4.98 Å². The number of rotatable bonds is 4. The molecule has 0 saturated carbocycles. The lowest BCUT2D eigenvalue weighted by atomic mass is 9.96. The second-order valence-corrected chi connectivity index (χ2v) is 8.09. The monoisotopic (exact) mass is 481 g/mol. The van der Waals surface area contributed by atoms with Crippen LogP contribution >= 0.6 is 21.6 Å². The lowest BCUT2D eigenvalue weighted by molar-refractivity contribution is -0.268. The second-order valence-electron chi connectivity index (χ2n) is 5.57. The molecule has 0 fully saturated rings. The zero-order chi connectivity index (χ0) is 22.5. The summed E-state index contributed by atoms with van der Waals surface area (Å²) < 4.78 is 153. The Balaban J connectivity index is 2.69. The third-order valence-corrected chi connectivity index (χ3v) is 7.00. The smallest absolute Gasteiger partial charge is 0.361 e. The maximum absolute atomic E-state index is 13.7. The molecule has 0 aliphatic carbocycles. The number of nitrogens with one attached hydrogen (secondary N) is 1. The van der Waals surface area contributed by atoms with Crippen molar-refractivity contribution in [2.24, 2.45) is 0 Å². The highest BCUT2D eigenvalue weighted by molar-refractivity contribution is 8.77. The minimum atomic E-state index is -6.28. The maximum atomic E-state index is 13.7. The largest absolute Gasteiger partial charge is 0.417 e. The molecule has 0 aliphatic heterocycles. The van der Waals surface area contributed by atoms with Crippen LogP contribution in [-0.2, 0) is 4.75 Å². The van der Waals surface area contributed by atoms with E-state index in [4.69, 9.17) is 0 Å². The highest BCUT2D eigenvalue weighted by Gasteiger charge is 2.74. The van der Waals surface area contributed by atoms with E-state index in [1.54, 1.807) is 0 Å². The summed E-state index contributed by atoms with van der Waals surface area (Å²) in [6.45, 7) is 0. The van der Waals surface area contributed by atoms with Crippen molar-refractivity contribution in [3.8, 4) is 0 Å². The summed E-state index contributed by atoms with van der Waals surface area (Å²) in [6.07, 6.45) is -24.5. The van der Waals surface area contributed by atoms with Crippen molar-refractivity contribution in [3.63, 3.8) is 0 Å². The van der Waals surface area contributed by atoms with Crippen LogP contribution in [0.3, 0.4) is 0 Å². The van der Waals surface area contributed by atoms with Gasteiger partial charge in [-0.15, -0.1) is 0 Å². The molecule has 164 valence electrons. The third-order valence-electron chi connectivity index (χ3n) is 3.63. The number of halogens is 12. The molecule has 0 saturated heterocycles. The van der Waals surface area contributed by atoms with E-state index in [1.807, 2.05) is 0 Å². The Bertz CT molecular complexity index is 817. The first-order chi connectivity index (χ1) is 12.9. The van der Waals surface area contributed by atoms with Gasteiger partial charge < -0.3 is 4.98 Å². The Labute approximate surface area is 161 Å². The Morgan fingerprint density at radius 1 is 0.724 bits per heavy atom. The Kier molecular flexibility index (Phi) is 6.09. The quantitative estimate of drug-likeness (QED) is 0.363. The molecule has 15 heteroatoms. The standard InChI is InChI=1S/C14H7F12NS2/c15-11(16,17)9(12(18,19)20)28-29-10(13(21,22)23,14(24,25)26)7-5-27-8-4-2-1-3-6(7)8/h1-5,9,27H. The van der Waals surface area contributed by atoms with Crippen LogP contribution < -0.4 is 0 Å². The lowest BCUT2D eigenvalue weighted by Gasteiger charge is -2.37. The Morgan fingerprint density at radius 3 is 1.66 bits per heavy atom. The number of fused-ring (bicyclic) bond motifs is 1. The number of para-hydroxylation sites is 1. The average molecular weight is 481 g/mol. The molecule has 2 aromatic rings. The molecule has 0 atom stereocenters. The van der Waals surface area contributed by atoms with Crippen LogP contribution in [0, 0.1) is 0 Å². The first kappa shape index (κ1) is 23.9. The van der Waals surface area contributed by atoms with E-state index in [9.17, 15) is 52.7 Å². The van der Waals surface area contributed by atoms with Gasteiger partial charge in [0.2, 0.25) is 10.00 Å². The molecular weight excluding hydrogens is 474 g/mol.